The molecule has 4 heterocycles. The van der Waals surface area contributed by atoms with Gasteiger partial charge in [-0.1, -0.05) is 28.1 Å². The Morgan fingerprint density at radius 3 is 2.48 bits per heavy atom. The molecule has 5 nitrogen and oxygen atoms in total. The number of aryl methyl sites for hydroxylation is 1. The van der Waals surface area contributed by atoms with E-state index >= 15 is 0 Å². The molecule has 4 aromatic rings. The van der Waals surface area contributed by atoms with E-state index in [9.17, 15) is 0 Å². The lowest BCUT2D eigenvalue weighted by atomic mass is 10.0. The van der Waals surface area contributed by atoms with Crippen LogP contribution in [0.25, 0.3) is 5.82 Å². The summed E-state index contributed by atoms with van der Waals surface area (Å²) in [6.07, 6.45) is 5.67. The van der Waals surface area contributed by atoms with Crippen LogP contribution < -0.4 is 10.2 Å². The number of nitrogens with zero attached hydrogens (tertiary/aromatic N) is 4. The van der Waals surface area contributed by atoms with E-state index in [2.05, 4.69) is 71.9 Å². The third-order valence-electron chi connectivity index (χ3n) is 5.50. The van der Waals surface area contributed by atoms with Gasteiger partial charge in [-0.3, -0.25) is 4.98 Å². The van der Waals surface area contributed by atoms with Crippen LogP contribution in [0.5, 0.6) is 0 Å². The Kier molecular flexibility index (Phi) is 5.29. The van der Waals surface area contributed by atoms with E-state index < -0.39 is 0 Å². The minimum absolute atomic E-state index is 0.0972. The van der Waals surface area contributed by atoms with Gasteiger partial charge in [0.25, 0.3) is 0 Å². The fourth-order valence-corrected chi connectivity index (χ4v) is 4.64. The zero-order valence-corrected chi connectivity index (χ0v) is 19.2. The lowest BCUT2D eigenvalue weighted by Gasteiger charge is -2.29. The van der Waals surface area contributed by atoms with Crippen molar-refractivity contribution in [2.75, 3.05) is 4.90 Å². The van der Waals surface area contributed by atoms with Gasteiger partial charge in [0.05, 0.1) is 11.7 Å². The molecule has 0 spiro atoms. The summed E-state index contributed by atoms with van der Waals surface area (Å²) in [4.78, 5) is 11.4. The Morgan fingerprint density at radius 1 is 0.968 bits per heavy atom. The molecular formula is C24H20BrN5S. The van der Waals surface area contributed by atoms with Gasteiger partial charge in [0, 0.05) is 34.4 Å². The second kappa shape index (κ2) is 8.24. The van der Waals surface area contributed by atoms with Gasteiger partial charge in [-0.2, -0.15) is 0 Å². The first-order valence-corrected chi connectivity index (χ1v) is 11.2. The van der Waals surface area contributed by atoms with Crippen molar-refractivity contribution in [1.82, 2.24) is 19.9 Å². The largest absolute Gasteiger partial charge is 0.351 e. The predicted molar refractivity (Wildman–Crippen MR) is 130 cm³/mol. The highest BCUT2D eigenvalue weighted by atomic mass is 79.9. The average Bonchev–Trinajstić information content (AvgIpc) is 3.41. The average molecular weight is 490 g/mol. The van der Waals surface area contributed by atoms with Crippen LogP contribution in [0.1, 0.15) is 29.0 Å². The highest BCUT2D eigenvalue weighted by Crippen LogP contribution is 2.42. The highest BCUT2D eigenvalue weighted by molar-refractivity contribution is 9.10. The number of hydrogen-bond acceptors (Lipinski definition) is 3. The van der Waals surface area contributed by atoms with Crippen molar-refractivity contribution in [2.24, 2.45) is 0 Å². The molecule has 0 bridgehead atoms. The summed E-state index contributed by atoms with van der Waals surface area (Å²) in [6, 6.07) is 22.2. The van der Waals surface area contributed by atoms with Crippen molar-refractivity contribution in [3.63, 3.8) is 0 Å². The van der Waals surface area contributed by atoms with Gasteiger partial charge >= 0.3 is 0 Å². The second-order valence-electron chi connectivity index (χ2n) is 7.42. The summed E-state index contributed by atoms with van der Waals surface area (Å²) in [5, 5.41) is 4.20. The molecule has 1 aliphatic rings. The fourth-order valence-electron chi connectivity index (χ4n) is 4.05. The molecule has 0 saturated carbocycles. The van der Waals surface area contributed by atoms with Crippen molar-refractivity contribution in [3.8, 4) is 5.82 Å². The van der Waals surface area contributed by atoms with Crippen LogP contribution in [0, 0.1) is 6.92 Å². The number of pyridine rings is 2. The van der Waals surface area contributed by atoms with Gasteiger partial charge in [0.2, 0.25) is 0 Å². The lowest BCUT2D eigenvalue weighted by molar-refractivity contribution is 0.548. The Labute approximate surface area is 194 Å². The third kappa shape index (κ3) is 3.64. The van der Waals surface area contributed by atoms with E-state index in [1.165, 1.54) is 0 Å². The van der Waals surface area contributed by atoms with E-state index in [0.717, 1.165) is 32.9 Å². The maximum absolute atomic E-state index is 5.84. The molecule has 3 aromatic heterocycles. The molecule has 5 rings (SSSR count). The molecule has 0 amide bonds. The molecule has 1 fully saturated rings. The Bertz CT molecular complexity index is 1230. The van der Waals surface area contributed by atoms with Gasteiger partial charge in [-0.05, 0) is 79.3 Å². The number of halogens is 1. The summed E-state index contributed by atoms with van der Waals surface area (Å²) in [5.41, 5.74) is 4.22. The van der Waals surface area contributed by atoms with Crippen LogP contribution in [-0.4, -0.2) is 19.6 Å². The summed E-state index contributed by atoms with van der Waals surface area (Å²) >= 11 is 9.45. The molecular weight excluding hydrogens is 470 g/mol. The molecule has 0 unspecified atom stereocenters. The smallest absolute Gasteiger partial charge is 0.174 e. The van der Waals surface area contributed by atoms with Crippen LogP contribution in [0.15, 0.2) is 89.8 Å². The minimum atomic E-state index is -0.102. The third-order valence-corrected chi connectivity index (χ3v) is 6.70. The van der Waals surface area contributed by atoms with Gasteiger partial charge < -0.3 is 14.8 Å². The molecule has 154 valence electrons. The van der Waals surface area contributed by atoms with E-state index in [4.69, 9.17) is 12.2 Å². The highest BCUT2D eigenvalue weighted by Gasteiger charge is 2.42. The maximum Gasteiger partial charge on any atom is 0.174 e. The van der Waals surface area contributed by atoms with Gasteiger partial charge in [0.1, 0.15) is 11.9 Å². The number of anilines is 1. The fraction of sp³-hybridized carbons (Fsp3) is 0.125. The van der Waals surface area contributed by atoms with E-state index in [-0.39, 0.29) is 12.1 Å². The normalized spacial score (nSPS) is 18.3. The first-order chi connectivity index (χ1) is 15.1. The van der Waals surface area contributed by atoms with Crippen LogP contribution in [-0.2, 0) is 0 Å². The number of thiocarbonyl (C=S) groups is 1. The number of nitrogens with one attached hydrogen (secondary N) is 1. The van der Waals surface area contributed by atoms with Crippen LogP contribution >= 0.6 is 28.1 Å². The molecule has 31 heavy (non-hydrogen) atoms. The SMILES string of the molecule is Cc1cc(N2C(=S)N[C@@H](c3ccccn3)[C@H]2c2cccn2-c2ccccn2)ccc1Br. The summed E-state index contributed by atoms with van der Waals surface area (Å²) in [7, 11) is 0. The number of hydrogen-bond donors (Lipinski definition) is 1. The Morgan fingerprint density at radius 2 is 1.77 bits per heavy atom. The quantitative estimate of drug-likeness (QED) is 0.382. The molecule has 1 aliphatic heterocycles. The zero-order chi connectivity index (χ0) is 21.4. The maximum atomic E-state index is 5.84. The first-order valence-electron chi connectivity index (χ1n) is 9.99. The number of rotatable bonds is 4. The number of benzene rings is 1. The van der Waals surface area contributed by atoms with E-state index in [0.29, 0.717) is 5.11 Å². The standard InChI is InChI=1S/C24H20BrN5S/c1-16-15-17(10-11-18(16)25)30-23(22(28-24(30)31)19-7-2-4-12-26-19)20-8-6-14-29(20)21-9-3-5-13-27-21/h2-15,22-23H,1H3,(H,28,31)/t22-,23+/m0/s1. The lowest BCUT2D eigenvalue weighted by Crippen LogP contribution is -2.30. The van der Waals surface area contributed by atoms with Crippen LogP contribution in [0.2, 0.25) is 0 Å². The van der Waals surface area contributed by atoms with E-state index in [1.54, 1.807) is 0 Å². The van der Waals surface area contributed by atoms with Gasteiger partial charge in [-0.15, -0.1) is 0 Å². The molecule has 1 N–H and O–H groups in total. The zero-order valence-electron chi connectivity index (χ0n) is 16.8. The summed E-state index contributed by atoms with van der Waals surface area (Å²) in [5.74, 6) is 0.868. The van der Waals surface area contributed by atoms with Crippen molar-refractivity contribution < 1.29 is 0 Å². The molecule has 0 aliphatic carbocycles. The minimum Gasteiger partial charge on any atom is -0.351 e. The van der Waals surface area contributed by atoms with E-state index in [1.807, 2.05) is 61.1 Å². The van der Waals surface area contributed by atoms with Crippen molar-refractivity contribution >= 4 is 38.9 Å². The molecule has 7 heteroatoms. The number of aromatic nitrogens is 3. The van der Waals surface area contributed by atoms with Gasteiger partial charge in [0.15, 0.2) is 5.11 Å². The second-order valence-corrected chi connectivity index (χ2v) is 8.66. The van der Waals surface area contributed by atoms with Gasteiger partial charge in [-0.25, -0.2) is 4.98 Å². The molecule has 1 saturated heterocycles. The predicted octanol–water partition coefficient (Wildman–Crippen LogP) is 5.52. The van der Waals surface area contributed by atoms with Crippen LogP contribution in [0.3, 0.4) is 0 Å². The summed E-state index contributed by atoms with van der Waals surface area (Å²) in [6.45, 7) is 2.09. The topological polar surface area (TPSA) is 46.0 Å². The first kappa shape index (κ1) is 19.9. The molecule has 2 atom stereocenters. The molecule has 1 aromatic carbocycles. The van der Waals surface area contributed by atoms with Crippen molar-refractivity contribution in [3.05, 3.63) is 107 Å². The Hall–Kier alpha value is -3.03. The summed E-state index contributed by atoms with van der Waals surface area (Å²) < 4.78 is 3.19. The molecule has 0 radical (unpaired) electrons. The Balaban J connectivity index is 1.68. The van der Waals surface area contributed by atoms with Crippen molar-refractivity contribution in [2.45, 2.75) is 19.0 Å². The van der Waals surface area contributed by atoms with Crippen LogP contribution in [0.4, 0.5) is 5.69 Å². The van der Waals surface area contributed by atoms with Crippen molar-refractivity contribution in [1.29, 1.82) is 0 Å². The monoisotopic (exact) mass is 489 g/mol.